The molecule has 1 aliphatic carbocycles. The number of carbonyl (C=O) groups is 3. The standard InChI is InChI=1S/C19H26O7/c1-10(2)7-8-18-9-12(21)17(4,5)26-14(18)13(11(3)20)19(24,15(18)22)16(23)25-6/h7,12,21,24H,8-9H2,1-6H3/t12-,18-,19-/m0/s1. The van der Waals surface area contributed by atoms with Gasteiger partial charge in [-0.2, -0.15) is 0 Å². The molecule has 0 amide bonds. The van der Waals surface area contributed by atoms with Gasteiger partial charge >= 0.3 is 5.97 Å². The number of carbonyl (C=O) groups excluding carboxylic acids is 3. The third kappa shape index (κ3) is 2.70. The van der Waals surface area contributed by atoms with Crippen LogP contribution in [0.5, 0.6) is 0 Å². The number of aliphatic hydroxyl groups is 2. The molecule has 0 aromatic heterocycles. The lowest BCUT2D eigenvalue weighted by Gasteiger charge is -2.45. The van der Waals surface area contributed by atoms with Crippen LogP contribution in [0.25, 0.3) is 0 Å². The third-order valence-electron chi connectivity index (χ3n) is 5.19. The van der Waals surface area contributed by atoms with Crippen LogP contribution < -0.4 is 0 Å². The highest BCUT2D eigenvalue weighted by Gasteiger charge is 2.70. The normalized spacial score (nSPS) is 32.6. The summed E-state index contributed by atoms with van der Waals surface area (Å²) in [7, 11) is 1.03. The number of rotatable bonds is 4. The molecule has 1 heterocycles. The van der Waals surface area contributed by atoms with Gasteiger partial charge in [-0.25, -0.2) is 4.79 Å². The van der Waals surface area contributed by atoms with Crippen LogP contribution in [-0.4, -0.2) is 52.2 Å². The molecule has 7 heteroatoms. The Morgan fingerprint density at radius 2 is 1.88 bits per heavy atom. The van der Waals surface area contributed by atoms with E-state index in [4.69, 9.17) is 4.74 Å². The Morgan fingerprint density at radius 3 is 2.35 bits per heavy atom. The summed E-state index contributed by atoms with van der Waals surface area (Å²) >= 11 is 0. The van der Waals surface area contributed by atoms with Crippen molar-refractivity contribution in [1.29, 1.82) is 0 Å². The van der Waals surface area contributed by atoms with Crippen LogP contribution in [-0.2, 0) is 23.9 Å². The van der Waals surface area contributed by atoms with E-state index in [2.05, 4.69) is 4.74 Å². The maximum absolute atomic E-state index is 13.3. The highest BCUT2D eigenvalue weighted by Crippen LogP contribution is 2.56. The van der Waals surface area contributed by atoms with Gasteiger partial charge in [-0.05, 0) is 47.5 Å². The first kappa shape index (κ1) is 20.3. The highest BCUT2D eigenvalue weighted by molar-refractivity contribution is 6.23. The number of esters is 1. The highest BCUT2D eigenvalue weighted by atomic mass is 16.5. The fraction of sp³-hybridized carbons (Fsp3) is 0.632. The van der Waals surface area contributed by atoms with Gasteiger partial charge in [0.05, 0.1) is 24.2 Å². The van der Waals surface area contributed by atoms with E-state index in [9.17, 15) is 24.6 Å². The van der Waals surface area contributed by atoms with E-state index in [1.54, 1.807) is 19.9 Å². The van der Waals surface area contributed by atoms with Crippen molar-refractivity contribution in [3.8, 4) is 0 Å². The zero-order valence-corrected chi connectivity index (χ0v) is 16.0. The molecule has 0 aromatic carbocycles. The van der Waals surface area contributed by atoms with Crippen molar-refractivity contribution in [1.82, 2.24) is 0 Å². The predicted molar refractivity (Wildman–Crippen MR) is 91.9 cm³/mol. The Bertz CT molecular complexity index is 726. The molecule has 0 bridgehead atoms. The minimum Gasteiger partial charge on any atom is -0.488 e. The third-order valence-corrected chi connectivity index (χ3v) is 5.19. The van der Waals surface area contributed by atoms with Crippen molar-refractivity contribution in [3.63, 3.8) is 0 Å². The zero-order chi connectivity index (χ0) is 20.1. The van der Waals surface area contributed by atoms with Crippen molar-refractivity contribution in [2.75, 3.05) is 7.11 Å². The molecule has 1 saturated heterocycles. The van der Waals surface area contributed by atoms with Crippen LogP contribution in [0.3, 0.4) is 0 Å². The summed E-state index contributed by atoms with van der Waals surface area (Å²) in [6.07, 6.45) is 0.738. The molecule has 0 aromatic rings. The first-order valence-electron chi connectivity index (χ1n) is 8.47. The van der Waals surface area contributed by atoms with E-state index >= 15 is 0 Å². The molecular formula is C19H26O7. The summed E-state index contributed by atoms with van der Waals surface area (Å²) in [6, 6.07) is 0. The van der Waals surface area contributed by atoms with Gasteiger partial charge < -0.3 is 19.7 Å². The molecule has 1 fully saturated rings. The molecule has 144 valence electrons. The van der Waals surface area contributed by atoms with Gasteiger partial charge in [-0.3, -0.25) is 9.59 Å². The van der Waals surface area contributed by atoms with Crippen molar-refractivity contribution in [3.05, 3.63) is 23.0 Å². The lowest BCUT2D eigenvalue weighted by molar-refractivity contribution is -0.171. The van der Waals surface area contributed by atoms with Gasteiger partial charge in [0, 0.05) is 0 Å². The van der Waals surface area contributed by atoms with Gasteiger partial charge in [-0.1, -0.05) is 11.6 Å². The fourth-order valence-electron chi connectivity index (χ4n) is 3.61. The second-order valence-electron chi connectivity index (χ2n) is 7.78. The maximum atomic E-state index is 13.3. The van der Waals surface area contributed by atoms with Gasteiger partial charge in [0.15, 0.2) is 11.6 Å². The van der Waals surface area contributed by atoms with E-state index in [1.807, 2.05) is 13.8 Å². The Balaban J connectivity index is 2.82. The molecule has 0 unspecified atom stereocenters. The lowest BCUT2D eigenvalue weighted by Crippen LogP contribution is -2.55. The Labute approximate surface area is 152 Å². The van der Waals surface area contributed by atoms with E-state index < -0.39 is 45.8 Å². The van der Waals surface area contributed by atoms with E-state index in [0.717, 1.165) is 19.6 Å². The number of methoxy groups -OCH3 is 1. The largest absolute Gasteiger partial charge is 0.488 e. The molecule has 2 aliphatic rings. The Morgan fingerprint density at radius 1 is 1.31 bits per heavy atom. The molecule has 0 radical (unpaired) electrons. The number of hydrogen-bond donors (Lipinski definition) is 2. The van der Waals surface area contributed by atoms with Crippen molar-refractivity contribution < 1.29 is 34.1 Å². The van der Waals surface area contributed by atoms with Gasteiger partial charge in [0.1, 0.15) is 11.4 Å². The molecule has 2 rings (SSSR count). The molecule has 0 spiro atoms. The van der Waals surface area contributed by atoms with Crippen LogP contribution in [0.2, 0.25) is 0 Å². The zero-order valence-electron chi connectivity index (χ0n) is 16.0. The minimum atomic E-state index is -2.74. The number of Topliss-reactive ketones (excluding diaryl/α,β-unsaturated/α-hetero) is 2. The lowest BCUT2D eigenvalue weighted by atomic mass is 9.70. The van der Waals surface area contributed by atoms with Crippen molar-refractivity contribution in [2.24, 2.45) is 5.41 Å². The van der Waals surface area contributed by atoms with Crippen molar-refractivity contribution in [2.45, 2.75) is 64.8 Å². The summed E-state index contributed by atoms with van der Waals surface area (Å²) < 4.78 is 10.5. The van der Waals surface area contributed by atoms with E-state index in [0.29, 0.717) is 0 Å². The minimum absolute atomic E-state index is 0.0456. The number of aliphatic hydroxyl groups excluding tert-OH is 1. The first-order valence-corrected chi connectivity index (χ1v) is 8.47. The fourth-order valence-corrected chi connectivity index (χ4v) is 3.61. The van der Waals surface area contributed by atoms with Crippen LogP contribution in [0.15, 0.2) is 23.0 Å². The number of ketones is 2. The second-order valence-corrected chi connectivity index (χ2v) is 7.78. The predicted octanol–water partition coefficient (Wildman–Crippen LogP) is 1.22. The van der Waals surface area contributed by atoms with Crippen LogP contribution in [0.4, 0.5) is 0 Å². The molecule has 2 N–H and O–H groups in total. The van der Waals surface area contributed by atoms with E-state index in [-0.39, 0.29) is 18.6 Å². The van der Waals surface area contributed by atoms with E-state index in [1.165, 1.54) is 0 Å². The molecule has 3 atom stereocenters. The first-order chi connectivity index (χ1) is 11.8. The van der Waals surface area contributed by atoms with Crippen molar-refractivity contribution >= 4 is 17.5 Å². The molecular weight excluding hydrogens is 340 g/mol. The Kier molecular flexibility index (Phi) is 4.94. The second kappa shape index (κ2) is 6.32. The van der Waals surface area contributed by atoms with Crippen LogP contribution >= 0.6 is 0 Å². The monoisotopic (exact) mass is 366 g/mol. The molecule has 7 nitrogen and oxygen atoms in total. The number of hydrogen-bond acceptors (Lipinski definition) is 7. The van der Waals surface area contributed by atoms with Crippen LogP contribution in [0.1, 0.15) is 47.5 Å². The number of fused-ring (bicyclic) bond motifs is 1. The average molecular weight is 366 g/mol. The topological polar surface area (TPSA) is 110 Å². The van der Waals surface area contributed by atoms with Gasteiger partial charge in [0.2, 0.25) is 0 Å². The SMILES string of the molecule is COC(=O)[C@@]1(O)C(=O)[C@@]2(CC=C(C)C)C[C@H](O)C(C)(C)OC2=C1C(C)=O. The van der Waals surface area contributed by atoms with Crippen LogP contribution in [0, 0.1) is 5.41 Å². The summed E-state index contributed by atoms with van der Waals surface area (Å²) in [4.78, 5) is 37.9. The quantitative estimate of drug-likeness (QED) is 0.437. The summed E-state index contributed by atoms with van der Waals surface area (Å²) in [6.45, 7) is 8.06. The smallest absolute Gasteiger partial charge is 0.350 e. The van der Waals surface area contributed by atoms with Gasteiger partial charge in [-0.15, -0.1) is 0 Å². The number of allylic oxidation sites excluding steroid dienone is 3. The number of ether oxygens (including phenoxy) is 2. The van der Waals surface area contributed by atoms with Gasteiger partial charge in [0.25, 0.3) is 5.60 Å². The molecule has 0 saturated carbocycles. The molecule has 26 heavy (non-hydrogen) atoms. The average Bonchev–Trinajstić information content (AvgIpc) is 2.71. The Hall–Kier alpha value is -1.99. The summed E-state index contributed by atoms with van der Waals surface area (Å²) in [5.41, 5.74) is -4.84. The molecule has 1 aliphatic heterocycles. The summed E-state index contributed by atoms with van der Waals surface area (Å²) in [5.74, 6) is -2.84. The summed E-state index contributed by atoms with van der Waals surface area (Å²) in [5, 5.41) is 21.5. The maximum Gasteiger partial charge on any atom is 0.350 e.